The predicted octanol–water partition coefficient (Wildman–Crippen LogP) is 2.88. The summed E-state index contributed by atoms with van der Waals surface area (Å²) < 4.78 is 37.7. The highest BCUT2D eigenvalue weighted by Gasteiger charge is 2.30. The predicted molar refractivity (Wildman–Crippen MR) is 55.8 cm³/mol. The molecule has 0 aliphatic carbocycles. The SMILES string of the molecule is Cc1cc(Nc2ncn[nH]2)cc(C(F)(F)F)c1. The van der Waals surface area contributed by atoms with Crippen LogP contribution in [0.3, 0.4) is 0 Å². The van der Waals surface area contributed by atoms with Crippen LogP contribution in [0, 0.1) is 6.92 Å². The summed E-state index contributed by atoms with van der Waals surface area (Å²) in [5, 5.41) is 8.81. The molecule has 1 heterocycles. The molecule has 0 unspecified atom stereocenters. The maximum absolute atomic E-state index is 12.6. The van der Waals surface area contributed by atoms with Gasteiger partial charge in [-0.05, 0) is 30.7 Å². The van der Waals surface area contributed by atoms with Gasteiger partial charge in [0.25, 0.3) is 0 Å². The highest BCUT2D eigenvalue weighted by molar-refractivity contribution is 5.56. The number of nitrogens with zero attached hydrogens (tertiary/aromatic N) is 2. The molecule has 0 saturated heterocycles. The lowest BCUT2D eigenvalue weighted by Gasteiger charge is -2.10. The van der Waals surface area contributed by atoms with Crippen LogP contribution in [-0.2, 0) is 6.18 Å². The number of rotatable bonds is 2. The average Bonchev–Trinajstić information content (AvgIpc) is 2.68. The molecule has 0 amide bonds. The summed E-state index contributed by atoms with van der Waals surface area (Å²) in [5.74, 6) is 0.295. The molecular weight excluding hydrogens is 233 g/mol. The van der Waals surface area contributed by atoms with E-state index in [0.717, 1.165) is 12.1 Å². The number of halogens is 3. The molecule has 17 heavy (non-hydrogen) atoms. The number of hydrogen-bond acceptors (Lipinski definition) is 3. The lowest BCUT2D eigenvalue weighted by molar-refractivity contribution is -0.137. The standard InChI is InChI=1S/C10H9F3N4/c1-6-2-7(10(11,12)13)4-8(3-6)16-9-14-5-15-17-9/h2-5H,1H3,(H2,14,15,16,17). The number of aryl methyl sites for hydroxylation is 1. The van der Waals surface area contributed by atoms with Gasteiger partial charge < -0.3 is 5.32 Å². The zero-order valence-electron chi connectivity index (χ0n) is 8.84. The molecule has 0 aliphatic rings. The molecule has 7 heteroatoms. The number of alkyl halides is 3. The molecule has 1 aromatic carbocycles. The highest BCUT2D eigenvalue weighted by Crippen LogP contribution is 2.32. The first-order chi connectivity index (χ1) is 7.95. The number of hydrogen-bond donors (Lipinski definition) is 2. The Labute approximate surface area is 94.9 Å². The van der Waals surface area contributed by atoms with E-state index in [2.05, 4.69) is 20.5 Å². The smallest absolute Gasteiger partial charge is 0.325 e. The third-order valence-corrected chi connectivity index (χ3v) is 2.08. The van der Waals surface area contributed by atoms with Gasteiger partial charge in [-0.2, -0.15) is 23.3 Å². The molecular formula is C10H9F3N4. The average molecular weight is 242 g/mol. The van der Waals surface area contributed by atoms with Gasteiger partial charge in [0, 0.05) is 5.69 Å². The van der Waals surface area contributed by atoms with Gasteiger partial charge >= 0.3 is 6.18 Å². The molecule has 2 rings (SSSR count). The zero-order valence-corrected chi connectivity index (χ0v) is 8.84. The van der Waals surface area contributed by atoms with Crippen molar-refractivity contribution >= 4 is 11.6 Å². The topological polar surface area (TPSA) is 53.6 Å². The van der Waals surface area contributed by atoms with Crippen molar-refractivity contribution in [1.29, 1.82) is 0 Å². The van der Waals surface area contributed by atoms with E-state index >= 15 is 0 Å². The van der Waals surface area contributed by atoms with Crippen LogP contribution in [0.15, 0.2) is 24.5 Å². The third kappa shape index (κ3) is 2.74. The van der Waals surface area contributed by atoms with Crippen LogP contribution in [-0.4, -0.2) is 15.2 Å². The van der Waals surface area contributed by atoms with Gasteiger partial charge in [0.2, 0.25) is 5.95 Å². The quantitative estimate of drug-likeness (QED) is 0.851. The van der Waals surface area contributed by atoms with E-state index in [-0.39, 0.29) is 0 Å². The van der Waals surface area contributed by atoms with E-state index in [0.29, 0.717) is 17.2 Å². The summed E-state index contributed by atoms with van der Waals surface area (Å²) >= 11 is 0. The van der Waals surface area contributed by atoms with Crippen molar-refractivity contribution in [2.45, 2.75) is 13.1 Å². The van der Waals surface area contributed by atoms with E-state index in [9.17, 15) is 13.2 Å². The molecule has 0 atom stereocenters. The lowest BCUT2D eigenvalue weighted by Crippen LogP contribution is -2.06. The number of nitrogens with one attached hydrogen (secondary N) is 2. The summed E-state index contributed by atoms with van der Waals surface area (Å²) in [6.45, 7) is 1.60. The summed E-state index contributed by atoms with van der Waals surface area (Å²) in [5.41, 5.74) is 0.135. The molecule has 90 valence electrons. The Morgan fingerprint density at radius 3 is 2.59 bits per heavy atom. The largest absolute Gasteiger partial charge is 0.416 e. The fraction of sp³-hybridized carbons (Fsp3) is 0.200. The summed E-state index contributed by atoms with van der Waals surface area (Å²) in [6.07, 6.45) is -3.09. The zero-order chi connectivity index (χ0) is 12.5. The number of aromatic nitrogens is 3. The monoisotopic (exact) mass is 242 g/mol. The molecule has 0 bridgehead atoms. The second-order valence-electron chi connectivity index (χ2n) is 3.54. The van der Waals surface area contributed by atoms with Gasteiger partial charge in [-0.15, -0.1) is 0 Å². The Morgan fingerprint density at radius 2 is 2.00 bits per heavy atom. The Bertz CT molecular complexity index is 505. The Morgan fingerprint density at radius 1 is 1.24 bits per heavy atom. The van der Waals surface area contributed by atoms with Crippen molar-refractivity contribution < 1.29 is 13.2 Å². The maximum Gasteiger partial charge on any atom is 0.416 e. The minimum Gasteiger partial charge on any atom is -0.325 e. The molecule has 0 fully saturated rings. The second-order valence-corrected chi connectivity index (χ2v) is 3.54. The Kier molecular flexibility index (Phi) is 2.74. The van der Waals surface area contributed by atoms with Gasteiger partial charge in [-0.25, -0.2) is 5.10 Å². The van der Waals surface area contributed by atoms with Crippen LogP contribution in [0.25, 0.3) is 0 Å². The van der Waals surface area contributed by atoms with E-state index in [1.807, 2.05) is 0 Å². The van der Waals surface area contributed by atoms with Gasteiger partial charge in [0.15, 0.2) is 0 Å². The number of anilines is 2. The number of H-pyrrole nitrogens is 1. The van der Waals surface area contributed by atoms with E-state index in [1.54, 1.807) is 13.0 Å². The van der Waals surface area contributed by atoms with Crippen LogP contribution in [0.4, 0.5) is 24.8 Å². The van der Waals surface area contributed by atoms with Crippen molar-refractivity contribution in [3.05, 3.63) is 35.7 Å². The molecule has 0 aliphatic heterocycles. The first kappa shape index (κ1) is 11.4. The minimum atomic E-state index is -4.36. The van der Waals surface area contributed by atoms with Gasteiger partial charge in [0.1, 0.15) is 6.33 Å². The first-order valence-corrected chi connectivity index (χ1v) is 4.76. The van der Waals surface area contributed by atoms with Crippen LogP contribution in [0.5, 0.6) is 0 Å². The number of benzene rings is 1. The molecule has 0 spiro atoms. The molecule has 2 N–H and O–H groups in total. The summed E-state index contributed by atoms with van der Waals surface area (Å²) in [4.78, 5) is 3.77. The highest BCUT2D eigenvalue weighted by atomic mass is 19.4. The van der Waals surface area contributed by atoms with Crippen molar-refractivity contribution in [2.24, 2.45) is 0 Å². The van der Waals surface area contributed by atoms with Crippen molar-refractivity contribution in [3.8, 4) is 0 Å². The van der Waals surface area contributed by atoms with Crippen molar-refractivity contribution in [1.82, 2.24) is 15.2 Å². The number of aromatic amines is 1. The van der Waals surface area contributed by atoms with Crippen LogP contribution < -0.4 is 5.32 Å². The van der Waals surface area contributed by atoms with E-state index < -0.39 is 11.7 Å². The molecule has 4 nitrogen and oxygen atoms in total. The van der Waals surface area contributed by atoms with Crippen LogP contribution >= 0.6 is 0 Å². The normalized spacial score (nSPS) is 11.5. The van der Waals surface area contributed by atoms with Crippen molar-refractivity contribution in [3.63, 3.8) is 0 Å². The summed E-state index contributed by atoms with van der Waals surface area (Å²) in [7, 11) is 0. The summed E-state index contributed by atoms with van der Waals surface area (Å²) in [6, 6.07) is 3.71. The van der Waals surface area contributed by atoms with E-state index in [1.165, 1.54) is 6.33 Å². The second kappa shape index (κ2) is 4.08. The van der Waals surface area contributed by atoms with Crippen LogP contribution in [0.1, 0.15) is 11.1 Å². The minimum absolute atomic E-state index is 0.295. The van der Waals surface area contributed by atoms with E-state index in [4.69, 9.17) is 0 Å². The third-order valence-electron chi connectivity index (χ3n) is 2.08. The Hall–Kier alpha value is -2.05. The maximum atomic E-state index is 12.6. The van der Waals surface area contributed by atoms with Gasteiger partial charge in [-0.1, -0.05) is 0 Å². The fourth-order valence-corrected chi connectivity index (χ4v) is 1.42. The van der Waals surface area contributed by atoms with Gasteiger partial charge in [0.05, 0.1) is 5.56 Å². The Balaban J connectivity index is 2.32. The van der Waals surface area contributed by atoms with Gasteiger partial charge in [-0.3, -0.25) is 0 Å². The fourth-order valence-electron chi connectivity index (χ4n) is 1.42. The molecule has 0 radical (unpaired) electrons. The van der Waals surface area contributed by atoms with Crippen molar-refractivity contribution in [2.75, 3.05) is 5.32 Å². The molecule has 2 aromatic rings. The molecule has 0 saturated carbocycles. The van der Waals surface area contributed by atoms with Crippen LogP contribution in [0.2, 0.25) is 0 Å². The lowest BCUT2D eigenvalue weighted by atomic mass is 10.1. The first-order valence-electron chi connectivity index (χ1n) is 4.76. The molecule has 1 aromatic heterocycles.